The second-order valence-electron chi connectivity index (χ2n) is 5.85. The molecule has 1 aliphatic rings. The molecular weight excluding hydrogens is 234 g/mol. The van der Waals surface area contributed by atoms with Crippen LogP contribution in [-0.4, -0.2) is 6.04 Å². The molecule has 0 spiro atoms. The fourth-order valence-electron chi connectivity index (χ4n) is 3.52. The van der Waals surface area contributed by atoms with Gasteiger partial charge < -0.3 is 9.73 Å². The van der Waals surface area contributed by atoms with E-state index in [0.29, 0.717) is 6.04 Å². The first-order chi connectivity index (χ1) is 9.29. The number of nitrogens with one attached hydrogen (secondary N) is 1. The van der Waals surface area contributed by atoms with Gasteiger partial charge in [-0.05, 0) is 30.7 Å². The molecule has 0 saturated heterocycles. The minimum absolute atomic E-state index is 0.665. The van der Waals surface area contributed by atoms with Crippen molar-refractivity contribution >= 4 is 11.0 Å². The second-order valence-corrected chi connectivity index (χ2v) is 5.85. The van der Waals surface area contributed by atoms with Crippen molar-refractivity contribution < 1.29 is 4.42 Å². The lowest BCUT2D eigenvalue weighted by Crippen LogP contribution is -2.32. The summed E-state index contributed by atoms with van der Waals surface area (Å²) >= 11 is 0. The number of benzene rings is 1. The highest BCUT2D eigenvalue weighted by Gasteiger charge is 2.30. The summed E-state index contributed by atoms with van der Waals surface area (Å²) in [4.78, 5) is 0. The summed E-state index contributed by atoms with van der Waals surface area (Å²) in [6, 6.07) is 8.94. The van der Waals surface area contributed by atoms with Crippen LogP contribution in [0.2, 0.25) is 0 Å². The van der Waals surface area contributed by atoms with E-state index in [4.69, 9.17) is 4.42 Å². The van der Waals surface area contributed by atoms with Gasteiger partial charge in [0.15, 0.2) is 0 Å². The van der Waals surface area contributed by atoms with Crippen LogP contribution < -0.4 is 5.32 Å². The van der Waals surface area contributed by atoms with Gasteiger partial charge in [-0.3, -0.25) is 0 Å². The first-order valence-corrected chi connectivity index (χ1v) is 7.48. The zero-order valence-corrected chi connectivity index (χ0v) is 11.9. The molecule has 3 atom stereocenters. The molecule has 1 aromatic carbocycles. The Labute approximate surface area is 115 Å². The summed E-state index contributed by atoms with van der Waals surface area (Å²) in [5, 5.41) is 4.97. The molecule has 2 heteroatoms. The van der Waals surface area contributed by atoms with Crippen LogP contribution in [0.5, 0.6) is 0 Å². The van der Waals surface area contributed by atoms with Crippen LogP contribution in [0, 0.1) is 11.8 Å². The summed E-state index contributed by atoms with van der Waals surface area (Å²) in [6.07, 6.45) is 5.90. The van der Waals surface area contributed by atoms with Gasteiger partial charge >= 0.3 is 0 Å². The van der Waals surface area contributed by atoms with E-state index >= 15 is 0 Å². The van der Waals surface area contributed by atoms with Crippen LogP contribution in [0.1, 0.15) is 38.7 Å². The van der Waals surface area contributed by atoms with Crippen molar-refractivity contribution in [2.75, 3.05) is 0 Å². The lowest BCUT2D eigenvalue weighted by Gasteiger charge is -2.20. The second kappa shape index (κ2) is 5.38. The molecule has 1 aromatic heterocycles. The van der Waals surface area contributed by atoms with E-state index < -0.39 is 0 Å². The van der Waals surface area contributed by atoms with Crippen molar-refractivity contribution in [1.82, 2.24) is 5.32 Å². The van der Waals surface area contributed by atoms with Gasteiger partial charge in [0.25, 0.3) is 0 Å². The molecule has 1 N–H and O–H groups in total. The van der Waals surface area contributed by atoms with Gasteiger partial charge in [-0.2, -0.15) is 0 Å². The van der Waals surface area contributed by atoms with Crippen molar-refractivity contribution in [2.45, 2.75) is 45.7 Å². The standard InChI is InChI=1S/C17H23NO/c1-3-13-8-9-16(12(13)2)18-10-14-11-19-17-7-5-4-6-15(14)17/h4-7,11-13,16,18H,3,8-10H2,1-2H3. The summed E-state index contributed by atoms with van der Waals surface area (Å²) in [7, 11) is 0. The van der Waals surface area contributed by atoms with Crippen molar-refractivity contribution in [2.24, 2.45) is 11.8 Å². The van der Waals surface area contributed by atoms with Crippen LogP contribution >= 0.6 is 0 Å². The highest BCUT2D eigenvalue weighted by molar-refractivity contribution is 5.80. The highest BCUT2D eigenvalue weighted by atomic mass is 16.3. The number of hydrogen-bond donors (Lipinski definition) is 1. The van der Waals surface area contributed by atoms with Crippen molar-refractivity contribution in [3.63, 3.8) is 0 Å². The average Bonchev–Trinajstić information content (AvgIpc) is 3.00. The average molecular weight is 257 g/mol. The molecule has 19 heavy (non-hydrogen) atoms. The quantitative estimate of drug-likeness (QED) is 0.881. The molecule has 0 bridgehead atoms. The third kappa shape index (κ3) is 2.42. The van der Waals surface area contributed by atoms with Gasteiger partial charge in [-0.15, -0.1) is 0 Å². The molecule has 1 aliphatic carbocycles. The zero-order chi connectivity index (χ0) is 13.2. The molecule has 2 nitrogen and oxygen atoms in total. The summed E-state index contributed by atoms with van der Waals surface area (Å²) in [5.41, 5.74) is 2.27. The lowest BCUT2D eigenvalue weighted by atomic mass is 9.93. The van der Waals surface area contributed by atoms with E-state index in [0.717, 1.165) is 24.0 Å². The first-order valence-electron chi connectivity index (χ1n) is 7.48. The largest absolute Gasteiger partial charge is 0.464 e. The molecule has 1 fully saturated rings. The highest BCUT2D eigenvalue weighted by Crippen LogP contribution is 2.34. The molecule has 2 aromatic rings. The predicted octanol–water partition coefficient (Wildman–Crippen LogP) is 4.35. The number of furan rings is 1. The van der Waals surface area contributed by atoms with Crippen LogP contribution in [0.3, 0.4) is 0 Å². The Balaban J connectivity index is 1.67. The van der Waals surface area contributed by atoms with Crippen molar-refractivity contribution in [3.05, 3.63) is 36.1 Å². The minimum Gasteiger partial charge on any atom is -0.464 e. The number of hydrogen-bond acceptors (Lipinski definition) is 2. The summed E-state index contributed by atoms with van der Waals surface area (Å²) in [5.74, 6) is 1.70. The Kier molecular flexibility index (Phi) is 3.61. The molecule has 1 heterocycles. The molecule has 0 aliphatic heterocycles. The fourth-order valence-corrected chi connectivity index (χ4v) is 3.52. The molecule has 0 amide bonds. The van der Waals surface area contributed by atoms with Gasteiger partial charge in [0, 0.05) is 23.5 Å². The maximum Gasteiger partial charge on any atom is 0.134 e. The minimum atomic E-state index is 0.665. The molecule has 0 radical (unpaired) electrons. The number of fused-ring (bicyclic) bond motifs is 1. The SMILES string of the molecule is CCC1CCC(NCc2coc3ccccc23)C1C. The van der Waals surface area contributed by atoms with E-state index in [-0.39, 0.29) is 0 Å². The molecule has 1 saturated carbocycles. The van der Waals surface area contributed by atoms with Crippen LogP contribution in [0.4, 0.5) is 0 Å². The zero-order valence-electron chi connectivity index (χ0n) is 11.9. The summed E-state index contributed by atoms with van der Waals surface area (Å²) < 4.78 is 5.59. The van der Waals surface area contributed by atoms with Crippen LogP contribution in [0.15, 0.2) is 34.9 Å². The first kappa shape index (κ1) is 12.7. The van der Waals surface area contributed by atoms with Gasteiger partial charge in [-0.25, -0.2) is 0 Å². The Morgan fingerprint density at radius 3 is 2.89 bits per heavy atom. The lowest BCUT2D eigenvalue weighted by molar-refractivity contribution is 0.344. The summed E-state index contributed by atoms with van der Waals surface area (Å²) in [6.45, 7) is 5.63. The number of rotatable bonds is 4. The molecule has 3 rings (SSSR count). The third-order valence-corrected chi connectivity index (χ3v) is 4.87. The van der Waals surface area contributed by atoms with Crippen molar-refractivity contribution in [3.8, 4) is 0 Å². The molecular formula is C17H23NO. The van der Waals surface area contributed by atoms with Crippen LogP contribution in [0.25, 0.3) is 11.0 Å². The van der Waals surface area contributed by atoms with E-state index in [1.807, 2.05) is 18.4 Å². The Hall–Kier alpha value is -1.28. The van der Waals surface area contributed by atoms with Gasteiger partial charge in [0.1, 0.15) is 5.58 Å². The number of para-hydroxylation sites is 1. The maximum atomic E-state index is 5.59. The maximum absolute atomic E-state index is 5.59. The predicted molar refractivity (Wildman–Crippen MR) is 79.0 cm³/mol. The van der Waals surface area contributed by atoms with Crippen molar-refractivity contribution in [1.29, 1.82) is 0 Å². The van der Waals surface area contributed by atoms with E-state index in [1.165, 1.54) is 30.2 Å². The van der Waals surface area contributed by atoms with Gasteiger partial charge in [0.05, 0.1) is 6.26 Å². The molecule has 102 valence electrons. The van der Waals surface area contributed by atoms with E-state index in [1.54, 1.807) is 0 Å². The Bertz CT molecular complexity index is 545. The fraction of sp³-hybridized carbons (Fsp3) is 0.529. The van der Waals surface area contributed by atoms with Gasteiger partial charge in [-0.1, -0.05) is 38.5 Å². The Morgan fingerprint density at radius 2 is 2.11 bits per heavy atom. The smallest absolute Gasteiger partial charge is 0.134 e. The molecule has 3 unspecified atom stereocenters. The Morgan fingerprint density at radius 1 is 1.26 bits per heavy atom. The van der Waals surface area contributed by atoms with E-state index in [9.17, 15) is 0 Å². The normalized spacial score (nSPS) is 27.2. The monoisotopic (exact) mass is 257 g/mol. The van der Waals surface area contributed by atoms with Gasteiger partial charge in [0.2, 0.25) is 0 Å². The van der Waals surface area contributed by atoms with E-state index in [2.05, 4.69) is 31.3 Å². The van der Waals surface area contributed by atoms with Crippen LogP contribution in [-0.2, 0) is 6.54 Å². The topological polar surface area (TPSA) is 25.2 Å². The third-order valence-electron chi connectivity index (χ3n) is 4.87.